The summed E-state index contributed by atoms with van der Waals surface area (Å²) in [6.07, 6.45) is 0.790. The summed E-state index contributed by atoms with van der Waals surface area (Å²) in [6.45, 7) is 3.49. The fourth-order valence-electron chi connectivity index (χ4n) is 2.57. The predicted molar refractivity (Wildman–Crippen MR) is 88.1 cm³/mol. The minimum Gasteiger partial charge on any atom is -0.330 e. The Kier molecular flexibility index (Phi) is 4.07. The van der Waals surface area contributed by atoms with Crippen LogP contribution in [0, 0.1) is 5.41 Å². The van der Waals surface area contributed by atoms with Gasteiger partial charge >= 0.3 is 0 Å². The molecule has 1 aromatic heterocycles. The van der Waals surface area contributed by atoms with E-state index in [1.807, 2.05) is 37.3 Å². The Balaban J connectivity index is 1.87. The molecule has 0 amide bonds. The van der Waals surface area contributed by atoms with E-state index in [9.17, 15) is 8.42 Å². The number of aromatic nitrogens is 1. The Morgan fingerprint density at radius 1 is 1.36 bits per heavy atom. The maximum Gasteiger partial charge on any atom is 0.261 e. The highest BCUT2D eigenvalue weighted by Gasteiger charge is 2.39. The number of hydrogen-bond acceptors (Lipinski definition) is 5. The molecular formula is C15H19N3O2S2. The van der Waals surface area contributed by atoms with Gasteiger partial charge in [-0.3, -0.25) is 0 Å². The predicted octanol–water partition coefficient (Wildman–Crippen LogP) is 2.17. The van der Waals surface area contributed by atoms with E-state index in [-0.39, 0.29) is 10.4 Å². The van der Waals surface area contributed by atoms with E-state index in [4.69, 9.17) is 5.73 Å². The molecule has 2 N–H and O–H groups in total. The van der Waals surface area contributed by atoms with Crippen molar-refractivity contribution in [2.45, 2.75) is 18.4 Å². The zero-order chi connectivity index (χ0) is 15.8. The lowest BCUT2D eigenvalue weighted by Gasteiger charge is -2.21. The molecular weight excluding hydrogens is 318 g/mol. The van der Waals surface area contributed by atoms with Gasteiger partial charge in [0.25, 0.3) is 10.0 Å². The van der Waals surface area contributed by atoms with E-state index in [1.165, 1.54) is 15.6 Å². The van der Waals surface area contributed by atoms with Crippen molar-refractivity contribution in [3.05, 3.63) is 35.7 Å². The molecule has 2 aromatic rings. The Morgan fingerprint density at radius 2 is 2.09 bits per heavy atom. The van der Waals surface area contributed by atoms with E-state index >= 15 is 0 Å². The van der Waals surface area contributed by atoms with E-state index in [1.54, 1.807) is 5.38 Å². The molecule has 0 spiro atoms. The summed E-state index contributed by atoms with van der Waals surface area (Å²) in [6, 6.07) is 9.61. The molecule has 0 bridgehead atoms. The van der Waals surface area contributed by atoms with Crippen LogP contribution in [0.4, 0.5) is 0 Å². The second kappa shape index (κ2) is 5.73. The molecule has 1 unspecified atom stereocenters. The minimum atomic E-state index is -3.53. The van der Waals surface area contributed by atoms with Crippen LogP contribution in [-0.2, 0) is 10.0 Å². The summed E-state index contributed by atoms with van der Waals surface area (Å²) >= 11 is 1.35. The van der Waals surface area contributed by atoms with Gasteiger partial charge in [-0.1, -0.05) is 37.3 Å². The fraction of sp³-hybridized carbons (Fsp3) is 0.400. The molecule has 1 atom stereocenters. The number of thiazole rings is 1. The number of benzene rings is 1. The first-order valence-corrected chi connectivity index (χ1v) is 9.48. The van der Waals surface area contributed by atoms with Crippen molar-refractivity contribution in [2.24, 2.45) is 11.1 Å². The molecule has 0 aliphatic carbocycles. The summed E-state index contributed by atoms with van der Waals surface area (Å²) in [5.74, 6) is 0. The summed E-state index contributed by atoms with van der Waals surface area (Å²) in [5, 5.41) is 2.48. The summed E-state index contributed by atoms with van der Waals surface area (Å²) < 4.78 is 26.9. The maximum atomic E-state index is 12.7. The average molecular weight is 337 g/mol. The molecule has 7 heteroatoms. The number of hydrogen-bond donors (Lipinski definition) is 1. The van der Waals surface area contributed by atoms with Gasteiger partial charge in [-0.05, 0) is 18.4 Å². The third kappa shape index (κ3) is 2.81. The second-order valence-corrected chi connectivity index (χ2v) is 8.70. The van der Waals surface area contributed by atoms with Crippen LogP contribution in [0.3, 0.4) is 0 Å². The molecule has 5 nitrogen and oxygen atoms in total. The molecule has 0 radical (unpaired) electrons. The molecule has 1 aliphatic rings. The van der Waals surface area contributed by atoms with Crippen LogP contribution in [0.2, 0.25) is 0 Å². The van der Waals surface area contributed by atoms with Gasteiger partial charge in [-0.15, -0.1) is 11.3 Å². The summed E-state index contributed by atoms with van der Waals surface area (Å²) in [7, 11) is -3.53. The van der Waals surface area contributed by atoms with E-state index < -0.39 is 10.0 Å². The first-order valence-electron chi connectivity index (χ1n) is 7.16. The van der Waals surface area contributed by atoms with Gasteiger partial charge in [0.05, 0.1) is 0 Å². The quantitative estimate of drug-likeness (QED) is 0.927. The van der Waals surface area contributed by atoms with E-state index in [0.29, 0.717) is 19.6 Å². The van der Waals surface area contributed by atoms with Crippen molar-refractivity contribution < 1.29 is 8.42 Å². The topological polar surface area (TPSA) is 76.3 Å². The van der Waals surface area contributed by atoms with Crippen LogP contribution in [0.15, 0.2) is 40.7 Å². The second-order valence-electron chi connectivity index (χ2n) is 5.96. The molecule has 1 aliphatic heterocycles. The molecule has 1 aromatic carbocycles. The molecule has 1 saturated heterocycles. The molecule has 118 valence electrons. The first-order chi connectivity index (χ1) is 10.4. The lowest BCUT2D eigenvalue weighted by atomic mass is 9.90. The van der Waals surface area contributed by atoms with Gasteiger partial charge in [0.1, 0.15) is 5.01 Å². The Labute approximate surface area is 134 Å². The zero-order valence-corrected chi connectivity index (χ0v) is 14.0. The van der Waals surface area contributed by atoms with Crippen LogP contribution in [0.25, 0.3) is 10.6 Å². The van der Waals surface area contributed by atoms with Crippen LogP contribution in [0.1, 0.15) is 13.3 Å². The van der Waals surface area contributed by atoms with Crippen LogP contribution >= 0.6 is 11.3 Å². The Morgan fingerprint density at radius 3 is 2.73 bits per heavy atom. The van der Waals surface area contributed by atoms with Gasteiger partial charge in [-0.2, -0.15) is 4.31 Å². The first kappa shape index (κ1) is 15.6. The standard InChI is InChI=1S/C15H19N3O2S2/c1-15(10-16)7-8-18(11-15)22(19,20)13-9-21-14(17-13)12-5-3-2-4-6-12/h2-6,9H,7-8,10-11,16H2,1H3. The van der Waals surface area contributed by atoms with Crippen LogP contribution < -0.4 is 5.73 Å². The highest BCUT2D eigenvalue weighted by atomic mass is 32.2. The highest BCUT2D eigenvalue weighted by Crippen LogP contribution is 2.33. The van der Waals surface area contributed by atoms with Crippen molar-refractivity contribution >= 4 is 21.4 Å². The van der Waals surface area contributed by atoms with Gasteiger partial charge in [0.15, 0.2) is 5.03 Å². The normalized spacial score (nSPS) is 23.0. The van der Waals surface area contributed by atoms with Gasteiger partial charge < -0.3 is 5.73 Å². The van der Waals surface area contributed by atoms with E-state index in [0.717, 1.165) is 17.0 Å². The van der Waals surface area contributed by atoms with Crippen molar-refractivity contribution in [3.63, 3.8) is 0 Å². The van der Waals surface area contributed by atoms with Crippen molar-refractivity contribution in [1.82, 2.24) is 9.29 Å². The Hall–Kier alpha value is -1.28. The zero-order valence-electron chi connectivity index (χ0n) is 12.4. The van der Waals surface area contributed by atoms with E-state index in [2.05, 4.69) is 4.98 Å². The minimum absolute atomic E-state index is 0.134. The summed E-state index contributed by atoms with van der Waals surface area (Å²) in [4.78, 5) is 4.33. The SMILES string of the molecule is CC1(CN)CCN(S(=O)(=O)c2csc(-c3ccccc3)n2)C1. The number of nitrogens with two attached hydrogens (primary N) is 1. The number of rotatable bonds is 4. The van der Waals surface area contributed by atoms with Crippen molar-refractivity contribution in [2.75, 3.05) is 19.6 Å². The fourth-order valence-corrected chi connectivity index (χ4v) is 5.23. The third-order valence-electron chi connectivity index (χ3n) is 4.12. The molecule has 3 rings (SSSR count). The third-order valence-corrected chi connectivity index (χ3v) is 6.89. The van der Waals surface area contributed by atoms with Gasteiger partial charge in [-0.25, -0.2) is 13.4 Å². The molecule has 2 heterocycles. The molecule has 1 fully saturated rings. The lowest BCUT2D eigenvalue weighted by Crippen LogP contribution is -2.34. The van der Waals surface area contributed by atoms with Gasteiger partial charge in [0.2, 0.25) is 0 Å². The monoisotopic (exact) mass is 337 g/mol. The molecule has 22 heavy (non-hydrogen) atoms. The van der Waals surface area contributed by atoms with Crippen LogP contribution in [0.5, 0.6) is 0 Å². The Bertz CT molecular complexity index is 758. The number of nitrogens with zero attached hydrogens (tertiary/aromatic N) is 2. The van der Waals surface area contributed by atoms with Crippen LogP contribution in [-0.4, -0.2) is 37.3 Å². The lowest BCUT2D eigenvalue weighted by molar-refractivity contribution is 0.349. The highest BCUT2D eigenvalue weighted by molar-refractivity contribution is 7.89. The summed E-state index contributed by atoms with van der Waals surface area (Å²) in [5.41, 5.74) is 6.56. The number of sulfonamides is 1. The maximum absolute atomic E-state index is 12.7. The average Bonchev–Trinajstić information content (AvgIpc) is 3.16. The molecule has 0 saturated carbocycles. The largest absolute Gasteiger partial charge is 0.330 e. The van der Waals surface area contributed by atoms with Gasteiger partial charge in [0, 0.05) is 24.0 Å². The smallest absolute Gasteiger partial charge is 0.261 e. The van der Waals surface area contributed by atoms with Crippen molar-refractivity contribution in [1.29, 1.82) is 0 Å². The van der Waals surface area contributed by atoms with Crippen molar-refractivity contribution in [3.8, 4) is 10.6 Å².